The van der Waals surface area contributed by atoms with Gasteiger partial charge in [-0.3, -0.25) is 9.59 Å². The van der Waals surface area contributed by atoms with Crippen molar-refractivity contribution in [1.29, 1.82) is 0 Å². The molecule has 26 heavy (non-hydrogen) atoms. The van der Waals surface area contributed by atoms with Crippen molar-refractivity contribution in [2.24, 2.45) is 34.5 Å². The Hall–Kier alpha value is -1.32. The standard InChI is InChI=1S/C22H32O4/c1-13(25-14(2)23)16-6-7-17-15-5-8-19-22(4,12-10-20(24)26-19)18(15)9-11-21(16,17)3/h8,13,15-18H,5-7,9-12H2,1-4H3/t13-,15-,16+,17?,18+,21+,22-/m0/s1. The Morgan fingerprint density at radius 2 is 2.00 bits per heavy atom. The average Bonchev–Trinajstić information content (AvgIpc) is 2.92. The van der Waals surface area contributed by atoms with Gasteiger partial charge < -0.3 is 9.47 Å². The highest BCUT2D eigenvalue weighted by atomic mass is 16.5. The quantitative estimate of drug-likeness (QED) is 0.674. The topological polar surface area (TPSA) is 52.6 Å². The van der Waals surface area contributed by atoms with E-state index < -0.39 is 0 Å². The number of fused-ring (bicyclic) bond motifs is 5. The number of ether oxygens (including phenoxy) is 2. The molecule has 1 saturated heterocycles. The fourth-order valence-corrected chi connectivity index (χ4v) is 7.22. The molecule has 0 aromatic carbocycles. The van der Waals surface area contributed by atoms with Crippen LogP contribution >= 0.6 is 0 Å². The summed E-state index contributed by atoms with van der Waals surface area (Å²) < 4.78 is 11.2. The second kappa shape index (κ2) is 6.10. The van der Waals surface area contributed by atoms with Crippen LogP contribution in [0.3, 0.4) is 0 Å². The van der Waals surface area contributed by atoms with Crippen LogP contribution < -0.4 is 0 Å². The zero-order chi connectivity index (χ0) is 18.7. The van der Waals surface area contributed by atoms with Crippen LogP contribution in [-0.4, -0.2) is 18.0 Å². The maximum Gasteiger partial charge on any atom is 0.310 e. The van der Waals surface area contributed by atoms with Crippen molar-refractivity contribution in [3.63, 3.8) is 0 Å². The summed E-state index contributed by atoms with van der Waals surface area (Å²) in [5.41, 5.74) is 0.279. The van der Waals surface area contributed by atoms with Crippen LogP contribution in [0.15, 0.2) is 11.8 Å². The second-order valence-corrected chi connectivity index (χ2v) is 9.62. The van der Waals surface area contributed by atoms with E-state index in [9.17, 15) is 9.59 Å². The van der Waals surface area contributed by atoms with Gasteiger partial charge in [0.25, 0.3) is 0 Å². The van der Waals surface area contributed by atoms with E-state index in [1.165, 1.54) is 26.2 Å². The van der Waals surface area contributed by atoms with Gasteiger partial charge in [0.1, 0.15) is 11.9 Å². The molecule has 1 unspecified atom stereocenters. The normalized spacial score (nSPS) is 45.5. The minimum atomic E-state index is -0.167. The largest absolute Gasteiger partial charge is 0.463 e. The average molecular weight is 360 g/mol. The van der Waals surface area contributed by atoms with Crippen molar-refractivity contribution in [3.8, 4) is 0 Å². The first kappa shape index (κ1) is 18.1. The third-order valence-electron chi connectivity index (χ3n) is 8.46. The molecule has 3 fully saturated rings. The number of allylic oxidation sites excluding steroid dienone is 2. The molecular formula is C22H32O4. The molecule has 7 atom stereocenters. The molecule has 2 saturated carbocycles. The molecule has 144 valence electrons. The molecule has 3 aliphatic carbocycles. The van der Waals surface area contributed by atoms with E-state index in [4.69, 9.17) is 9.47 Å². The van der Waals surface area contributed by atoms with Crippen LogP contribution in [0.2, 0.25) is 0 Å². The Morgan fingerprint density at radius 1 is 1.23 bits per heavy atom. The zero-order valence-electron chi connectivity index (χ0n) is 16.5. The monoisotopic (exact) mass is 360 g/mol. The van der Waals surface area contributed by atoms with Crippen LogP contribution in [0.1, 0.15) is 72.6 Å². The van der Waals surface area contributed by atoms with Crippen molar-refractivity contribution in [3.05, 3.63) is 11.8 Å². The predicted molar refractivity (Wildman–Crippen MR) is 97.9 cm³/mol. The zero-order valence-corrected chi connectivity index (χ0v) is 16.5. The van der Waals surface area contributed by atoms with E-state index >= 15 is 0 Å². The van der Waals surface area contributed by atoms with Crippen LogP contribution in [0.4, 0.5) is 0 Å². The van der Waals surface area contributed by atoms with Crippen molar-refractivity contribution in [2.75, 3.05) is 0 Å². The number of rotatable bonds is 2. The highest BCUT2D eigenvalue weighted by Gasteiger charge is 2.60. The molecule has 1 heterocycles. The van der Waals surface area contributed by atoms with Crippen LogP contribution in [0.5, 0.6) is 0 Å². The van der Waals surface area contributed by atoms with Gasteiger partial charge in [-0.05, 0) is 74.7 Å². The lowest BCUT2D eigenvalue weighted by Crippen LogP contribution is -2.51. The van der Waals surface area contributed by atoms with E-state index in [-0.39, 0.29) is 28.9 Å². The van der Waals surface area contributed by atoms with Gasteiger partial charge in [0.05, 0.1) is 0 Å². The minimum absolute atomic E-state index is 0.0000317. The Labute approximate surface area is 156 Å². The van der Waals surface area contributed by atoms with Gasteiger partial charge in [-0.2, -0.15) is 0 Å². The summed E-state index contributed by atoms with van der Waals surface area (Å²) in [7, 11) is 0. The number of carbonyl (C=O) groups is 2. The molecule has 4 nitrogen and oxygen atoms in total. The number of hydrogen-bond donors (Lipinski definition) is 0. The lowest BCUT2D eigenvalue weighted by Gasteiger charge is -2.56. The SMILES string of the molecule is CC(=O)O[C@@H](C)[C@H]1CCC2[C@@H]3CC=C4OC(=O)CC[C@@]4(C)[C@@H]3CC[C@@]21C. The number of carbonyl (C=O) groups excluding carboxylic acids is 2. The van der Waals surface area contributed by atoms with Gasteiger partial charge in [0.15, 0.2) is 0 Å². The van der Waals surface area contributed by atoms with Crippen molar-refractivity contribution < 1.29 is 19.1 Å². The maximum absolute atomic E-state index is 11.8. The molecular weight excluding hydrogens is 328 g/mol. The summed E-state index contributed by atoms with van der Waals surface area (Å²) in [5, 5.41) is 0. The van der Waals surface area contributed by atoms with Gasteiger partial charge >= 0.3 is 11.9 Å². The summed E-state index contributed by atoms with van der Waals surface area (Å²) in [4.78, 5) is 23.2. The molecule has 0 radical (unpaired) electrons. The Kier molecular flexibility index (Phi) is 4.24. The minimum Gasteiger partial charge on any atom is -0.463 e. The fourth-order valence-electron chi connectivity index (χ4n) is 7.22. The molecule has 4 aliphatic rings. The number of hydrogen-bond acceptors (Lipinski definition) is 4. The van der Waals surface area contributed by atoms with Gasteiger partial charge in [-0.1, -0.05) is 13.8 Å². The first-order chi connectivity index (χ1) is 12.3. The smallest absolute Gasteiger partial charge is 0.310 e. The maximum atomic E-state index is 11.8. The molecule has 0 aromatic rings. The van der Waals surface area contributed by atoms with E-state index in [2.05, 4.69) is 26.8 Å². The third-order valence-corrected chi connectivity index (χ3v) is 8.46. The molecule has 1 aliphatic heterocycles. The Morgan fingerprint density at radius 3 is 2.73 bits per heavy atom. The van der Waals surface area contributed by atoms with Gasteiger partial charge in [-0.25, -0.2) is 0 Å². The van der Waals surface area contributed by atoms with Crippen molar-refractivity contribution in [2.45, 2.75) is 78.7 Å². The van der Waals surface area contributed by atoms with Crippen LogP contribution in [-0.2, 0) is 19.1 Å². The highest BCUT2D eigenvalue weighted by Crippen LogP contribution is 2.66. The van der Waals surface area contributed by atoms with Gasteiger partial charge in [-0.15, -0.1) is 0 Å². The van der Waals surface area contributed by atoms with E-state index in [0.717, 1.165) is 25.0 Å². The molecule has 0 spiro atoms. The summed E-state index contributed by atoms with van der Waals surface area (Å²) in [6.45, 7) is 8.35. The first-order valence-electron chi connectivity index (χ1n) is 10.3. The first-order valence-corrected chi connectivity index (χ1v) is 10.3. The molecule has 0 aromatic heterocycles. The summed E-state index contributed by atoms with van der Waals surface area (Å²) >= 11 is 0. The summed E-state index contributed by atoms with van der Waals surface area (Å²) in [6, 6.07) is 0. The summed E-state index contributed by atoms with van der Waals surface area (Å²) in [6.07, 6.45) is 9.47. The fraction of sp³-hybridized carbons (Fsp3) is 0.818. The van der Waals surface area contributed by atoms with Gasteiger partial charge in [0, 0.05) is 24.7 Å². The Balaban J connectivity index is 1.60. The molecule has 4 rings (SSSR count). The predicted octanol–water partition coefficient (Wildman–Crippen LogP) is 4.63. The Bertz CT molecular complexity index is 653. The highest BCUT2D eigenvalue weighted by molar-refractivity contribution is 5.72. The van der Waals surface area contributed by atoms with E-state index in [1.807, 2.05) is 0 Å². The van der Waals surface area contributed by atoms with Crippen molar-refractivity contribution >= 4 is 11.9 Å². The second-order valence-electron chi connectivity index (χ2n) is 9.62. The third kappa shape index (κ3) is 2.55. The van der Waals surface area contributed by atoms with Gasteiger partial charge in [0.2, 0.25) is 0 Å². The molecule has 0 N–H and O–H groups in total. The van der Waals surface area contributed by atoms with E-state index in [0.29, 0.717) is 30.1 Å². The molecule has 0 amide bonds. The summed E-state index contributed by atoms with van der Waals surface area (Å²) in [5.74, 6) is 3.12. The van der Waals surface area contributed by atoms with Crippen LogP contribution in [0, 0.1) is 34.5 Å². The lowest BCUT2D eigenvalue weighted by molar-refractivity contribution is -0.156. The molecule has 0 bridgehead atoms. The molecule has 4 heteroatoms. The van der Waals surface area contributed by atoms with Crippen molar-refractivity contribution in [1.82, 2.24) is 0 Å². The number of esters is 2. The lowest BCUT2D eigenvalue weighted by atomic mass is 9.49. The van der Waals surface area contributed by atoms with E-state index in [1.54, 1.807) is 0 Å². The van der Waals surface area contributed by atoms with Crippen LogP contribution in [0.25, 0.3) is 0 Å².